The summed E-state index contributed by atoms with van der Waals surface area (Å²) in [5.74, 6) is 0. The van der Waals surface area contributed by atoms with Crippen molar-refractivity contribution in [3.8, 4) is 5.69 Å². The molecule has 21 heavy (non-hydrogen) atoms. The summed E-state index contributed by atoms with van der Waals surface area (Å²) in [6.07, 6.45) is 5.42. The molecule has 0 radical (unpaired) electrons. The maximum Gasteiger partial charge on any atom is 0.114 e. The van der Waals surface area contributed by atoms with Crippen LogP contribution in [0.15, 0.2) is 48.9 Å². The highest BCUT2D eigenvalue weighted by molar-refractivity contribution is 5.33. The summed E-state index contributed by atoms with van der Waals surface area (Å²) in [6, 6.07) is 9.97. The first kappa shape index (κ1) is 13.5. The molecule has 0 bridgehead atoms. The quantitative estimate of drug-likeness (QED) is 0.792. The summed E-state index contributed by atoms with van der Waals surface area (Å²) in [7, 11) is 0. The standard InChI is InChI=1S/C15H17N5O/c1-15(2,21)14-11-19(18-17-14)10-12-4-6-13(7-5-12)20-9-3-8-16-20/h3-9,11,21H,10H2,1-2H3. The topological polar surface area (TPSA) is 68.8 Å². The maximum absolute atomic E-state index is 9.88. The van der Waals surface area contributed by atoms with Gasteiger partial charge in [0.2, 0.25) is 0 Å². The van der Waals surface area contributed by atoms with Gasteiger partial charge in [-0.05, 0) is 37.6 Å². The van der Waals surface area contributed by atoms with Gasteiger partial charge in [-0.3, -0.25) is 0 Å². The Morgan fingerprint density at radius 1 is 1.19 bits per heavy atom. The van der Waals surface area contributed by atoms with E-state index in [-0.39, 0.29) is 0 Å². The fourth-order valence-corrected chi connectivity index (χ4v) is 2.02. The molecule has 0 fully saturated rings. The minimum Gasteiger partial charge on any atom is -0.384 e. The van der Waals surface area contributed by atoms with Crippen LogP contribution in [0.25, 0.3) is 5.69 Å². The molecule has 0 saturated carbocycles. The second-order valence-corrected chi connectivity index (χ2v) is 5.48. The summed E-state index contributed by atoms with van der Waals surface area (Å²) in [5.41, 5.74) is 1.72. The van der Waals surface area contributed by atoms with Crippen LogP contribution < -0.4 is 0 Å². The van der Waals surface area contributed by atoms with E-state index >= 15 is 0 Å². The van der Waals surface area contributed by atoms with Gasteiger partial charge in [0.25, 0.3) is 0 Å². The smallest absolute Gasteiger partial charge is 0.114 e. The van der Waals surface area contributed by atoms with E-state index in [2.05, 4.69) is 15.4 Å². The zero-order valence-corrected chi connectivity index (χ0v) is 12.0. The Bertz CT molecular complexity index is 707. The number of hydrogen-bond donors (Lipinski definition) is 1. The van der Waals surface area contributed by atoms with Crippen LogP contribution in [0.3, 0.4) is 0 Å². The molecule has 1 aromatic carbocycles. The third-order valence-corrected chi connectivity index (χ3v) is 3.22. The highest BCUT2D eigenvalue weighted by Crippen LogP contribution is 2.16. The van der Waals surface area contributed by atoms with Gasteiger partial charge in [0.1, 0.15) is 11.3 Å². The highest BCUT2D eigenvalue weighted by atomic mass is 16.3. The van der Waals surface area contributed by atoms with Gasteiger partial charge >= 0.3 is 0 Å². The van der Waals surface area contributed by atoms with Crippen LogP contribution in [0.2, 0.25) is 0 Å². The van der Waals surface area contributed by atoms with Crippen molar-refractivity contribution in [2.75, 3.05) is 0 Å². The molecule has 1 N–H and O–H groups in total. The Labute approximate surface area is 122 Å². The molecule has 0 saturated heterocycles. The summed E-state index contributed by atoms with van der Waals surface area (Å²) in [4.78, 5) is 0. The van der Waals surface area contributed by atoms with E-state index in [9.17, 15) is 5.11 Å². The molecule has 6 nitrogen and oxygen atoms in total. The van der Waals surface area contributed by atoms with Crippen LogP contribution in [-0.2, 0) is 12.1 Å². The molecule has 2 heterocycles. The molecule has 3 rings (SSSR count). The number of aliphatic hydroxyl groups is 1. The van der Waals surface area contributed by atoms with E-state index in [1.807, 2.05) is 41.2 Å². The fraction of sp³-hybridized carbons (Fsp3) is 0.267. The first-order valence-corrected chi connectivity index (χ1v) is 6.74. The van der Waals surface area contributed by atoms with Gasteiger partial charge in [0.05, 0.1) is 18.4 Å². The van der Waals surface area contributed by atoms with E-state index in [0.29, 0.717) is 12.2 Å². The molecule has 6 heteroatoms. The molecule has 2 aromatic heterocycles. The average Bonchev–Trinajstić information content (AvgIpc) is 3.09. The second-order valence-electron chi connectivity index (χ2n) is 5.48. The van der Waals surface area contributed by atoms with Crippen molar-refractivity contribution in [1.29, 1.82) is 0 Å². The summed E-state index contributed by atoms with van der Waals surface area (Å²) in [5, 5.41) is 22.1. The highest BCUT2D eigenvalue weighted by Gasteiger charge is 2.19. The Hall–Kier alpha value is -2.47. The predicted molar refractivity (Wildman–Crippen MR) is 77.9 cm³/mol. The lowest BCUT2D eigenvalue weighted by Crippen LogP contribution is -2.15. The van der Waals surface area contributed by atoms with E-state index in [1.54, 1.807) is 30.9 Å². The van der Waals surface area contributed by atoms with E-state index in [0.717, 1.165) is 11.3 Å². The molecular formula is C15H17N5O. The van der Waals surface area contributed by atoms with Gasteiger partial charge in [0.15, 0.2) is 0 Å². The van der Waals surface area contributed by atoms with Crippen LogP contribution in [-0.4, -0.2) is 29.9 Å². The third kappa shape index (κ3) is 3.00. The van der Waals surface area contributed by atoms with E-state index in [1.165, 1.54) is 0 Å². The number of hydrogen-bond acceptors (Lipinski definition) is 4. The molecular weight excluding hydrogens is 266 g/mol. The van der Waals surface area contributed by atoms with Gasteiger partial charge in [-0.25, -0.2) is 9.36 Å². The molecule has 0 aliphatic heterocycles. The van der Waals surface area contributed by atoms with Crippen LogP contribution >= 0.6 is 0 Å². The van der Waals surface area contributed by atoms with Gasteiger partial charge in [0, 0.05) is 12.4 Å². The number of rotatable bonds is 4. The van der Waals surface area contributed by atoms with Gasteiger partial charge < -0.3 is 5.11 Å². The van der Waals surface area contributed by atoms with Gasteiger partial charge in [-0.2, -0.15) is 5.10 Å². The van der Waals surface area contributed by atoms with Crippen LogP contribution in [0.5, 0.6) is 0 Å². The predicted octanol–water partition coefficient (Wildman–Crippen LogP) is 1.74. The van der Waals surface area contributed by atoms with Crippen molar-refractivity contribution in [1.82, 2.24) is 24.8 Å². The van der Waals surface area contributed by atoms with Crippen molar-refractivity contribution < 1.29 is 5.11 Å². The molecule has 0 atom stereocenters. The maximum atomic E-state index is 9.88. The molecule has 3 aromatic rings. The minimum absolute atomic E-state index is 0.565. The van der Waals surface area contributed by atoms with Gasteiger partial charge in [-0.1, -0.05) is 17.3 Å². The Morgan fingerprint density at radius 3 is 2.52 bits per heavy atom. The van der Waals surface area contributed by atoms with Crippen LogP contribution in [0.1, 0.15) is 25.1 Å². The fourth-order valence-electron chi connectivity index (χ4n) is 2.02. The average molecular weight is 283 g/mol. The van der Waals surface area contributed by atoms with Crippen LogP contribution in [0.4, 0.5) is 0 Å². The number of aromatic nitrogens is 5. The van der Waals surface area contributed by atoms with Crippen molar-refractivity contribution in [2.24, 2.45) is 0 Å². The largest absolute Gasteiger partial charge is 0.384 e. The number of nitrogens with zero attached hydrogens (tertiary/aromatic N) is 5. The Morgan fingerprint density at radius 2 is 1.95 bits per heavy atom. The monoisotopic (exact) mass is 283 g/mol. The Balaban J connectivity index is 1.75. The second kappa shape index (κ2) is 5.14. The van der Waals surface area contributed by atoms with Gasteiger partial charge in [-0.15, -0.1) is 5.10 Å². The molecule has 0 amide bonds. The summed E-state index contributed by atoms with van der Waals surface area (Å²) < 4.78 is 3.53. The lowest BCUT2D eigenvalue weighted by atomic mass is 10.1. The lowest BCUT2D eigenvalue weighted by molar-refractivity contribution is 0.0737. The van der Waals surface area contributed by atoms with Crippen molar-refractivity contribution >= 4 is 0 Å². The first-order valence-electron chi connectivity index (χ1n) is 6.74. The van der Waals surface area contributed by atoms with Crippen LogP contribution in [0, 0.1) is 0 Å². The molecule has 0 aliphatic carbocycles. The summed E-state index contributed by atoms with van der Waals surface area (Å²) >= 11 is 0. The first-order chi connectivity index (χ1) is 10.0. The molecule has 0 aliphatic rings. The Kier molecular flexibility index (Phi) is 3.31. The molecule has 0 spiro atoms. The van der Waals surface area contributed by atoms with Crippen molar-refractivity contribution in [3.05, 3.63) is 60.2 Å². The van der Waals surface area contributed by atoms with Crippen molar-refractivity contribution in [2.45, 2.75) is 26.0 Å². The molecule has 108 valence electrons. The zero-order chi connectivity index (χ0) is 14.9. The number of benzene rings is 1. The SMILES string of the molecule is CC(C)(O)c1cn(Cc2ccc(-n3cccn3)cc2)nn1. The normalized spacial score (nSPS) is 11.8. The zero-order valence-electron chi connectivity index (χ0n) is 12.0. The minimum atomic E-state index is -0.970. The lowest BCUT2D eigenvalue weighted by Gasteiger charge is -2.11. The van der Waals surface area contributed by atoms with E-state index < -0.39 is 5.60 Å². The molecule has 0 unspecified atom stereocenters. The van der Waals surface area contributed by atoms with E-state index in [4.69, 9.17) is 0 Å². The van der Waals surface area contributed by atoms with Crippen molar-refractivity contribution in [3.63, 3.8) is 0 Å². The third-order valence-electron chi connectivity index (χ3n) is 3.22. The summed E-state index contributed by atoms with van der Waals surface area (Å²) in [6.45, 7) is 4.00.